The fourth-order valence-electron chi connectivity index (χ4n) is 5.36. The fourth-order valence-corrected chi connectivity index (χ4v) is 5.36. The Balaban J connectivity index is 1.18. The number of hydrogen-bond acceptors (Lipinski definition) is 6. The number of nitrogens with zero attached hydrogens (tertiary/aromatic N) is 4. The van der Waals surface area contributed by atoms with Crippen molar-refractivity contribution in [1.82, 2.24) is 24.9 Å². The van der Waals surface area contributed by atoms with Gasteiger partial charge in [0.1, 0.15) is 5.60 Å². The van der Waals surface area contributed by atoms with Gasteiger partial charge in [-0.25, -0.2) is 4.79 Å². The number of piperazine rings is 1. The van der Waals surface area contributed by atoms with E-state index in [1.165, 1.54) is 0 Å². The van der Waals surface area contributed by atoms with Crippen molar-refractivity contribution in [3.05, 3.63) is 0 Å². The van der Waals surface area contributed by atoms with Gasteiger partial charge in [-0.1, -0.05) is 0 Å². The molecule has 170 valence electrons. The SMILES string of the molecule is CC(C)N1CCN(CCCN2CC3(CCN(C(=O)C4CCCN4)CC3)OC2=O)CC1. The summed E-state index contributed by atoms with van der Waals surface area (Å²) in [5.74, 6) is 0.223. The molecule has 0 aliphatic carbocycles. The standard InChI is InChI=1S/C22H39N5O3/c1-18(2)25-15-13-24(14-16-25)9-4-10-27-17-22(30-21(27)29)6-11-26(12-7-22)20(28)19-5-3-8-23-19/h18-19,23H,3-17H2,1-2H3. The molecule has 2 amide bonds. The van der Waals surface area contributed by atoms with Gasteiger partial charge in [-0.15, -0.1) is 0 Å². The Kier molecular flexibility index (Phi) is 6.85. The molecule has 4 heterocycles. The summed E-state index contributed by atoms with van der Waals surface area (Å²) in [6.45, 7) is 13.8. The van der Waals surface area contributed by atoms with E-state index in [1.54, 1.807) is 0 Å². The summed E-state index contributed by atoms with van der Waals surface area (Å²) < 4.78 is 5.85. The van der Waals surface area contributed by atoms with Crippen LogP contribution in [-0.2, 0) is 9.53 Å². The minimum atomic E-state index is -0.389. The van der Waals surface area contributed by atoms with Crippen LogP contribution in [-0.4, -0.2) is 115 Å². The zero-order valence-corrected chi connectivity index (χ0v) is 18.8. The molecule has 1 N–H and O–H groups in total. The molecular formula is C22H39N5O3. The molecule has 0 bridgehead atoms. The van der Waals surface area contributed by atoms with Gasteiger partial charge in [0.15, 0.2) is 0 Å². The Hall–Kier alpha value is -1.38. The number of carbonyl (C=O) groups is 2. The predicted octanol–water partition coefficient (Wildman–Crippen LogP) is 0.968. The van der Waals surface area contributed by atoms with Crippen molar-refractivity contribution >= 4 is 12.0 Å². The molecule has 0 aromatic heterocycles. The first-order chi connectivity index (χ1) is 14.5. The number of hydrogen-bond donors (Lipinski definition) is 1. The molecule has 1 atom stereocenters. The molecule has 4 fully saturated rings. The quantitative estimate of drug-likeness (QED) is 0.689. The van der Waals surface area contributed by atoms with Gasteiger partial charge in [0.05, 0.1) is 12.6 Å². The van der Waals surface area contributed by atoms with Crippen LogP contribution in [0.3, 0.4) is 0 Å². The highest BCUT2D eigenvalue weighted by molar-refractivity contribution is 5.82. The molecule has 4 saturated heterocycles. The van der Waals surface area contributed by atoms with Crippen LogP contribution in [0.25, 0.3) is 0 Å². The van der Waals surface area contributed by atoms with Crippen molar-refractivity contribution in [3.8, 4) is 0 Å². The summed E-state index contributed by atoms with van der Waals surface area (Å²) in [4.78, 5) is 34.0. The molecule has 4 aliphatic heterocycles. The van der Waals surface area contributed by atoms with E-state index in [9.17, 15) is 9.59 Å². The van der Waals surface area contributed by atoms with Crippen molar-refractivity contribution in [2.45, 2.75) is 63.6 Å². The van der Waals surface area contributed by atoms with E-state index in [4.69, 9.17) is 4.74 Å². The van der Waals surface area contributed by atoms with Crippen LogP contribution < -0.4 is 5.32 Å². The van der Waals surface area contributed by atoms with Crippen LogP contribution in [0.2, 0.25) is 0 Å². The van der Waals surface area contributed by atoms with Gasteiger partial charge >= 0.3 is 6.09 Å². The summed E-state index contributed by atoms with van der Waals surface area (Å²) in [6, 6.07) is 0.614. The molecule has 4 aliphatic rings. The van der Waals surface area contributed by atoms with Gasteiger partial charge in [-0.2, -0.15) is 0 Å². The minimum Gasteiger partial charge on any atom is -0.441 e. The van der Waals surface area contributed by atoms with Gasteiger partial charge in [-0.05, 0) is 46.2 Å². The first-order valence-corrected chi connectivity index (χ1v) is 11.9. The third kappa shape index (κ3) is 4.92. The van der Waals surface area contributed by atoms with E-state index < -0.39 is 0 Å². The number of amides is 2. The second kappa shape index (κ2) is 9.40. The van der Waals surface area contributed by atoms with Gasteiger partial charge in [0.2, 0.25) is 5.91 Å². The first-order valence-electron chi connectivity index (χ1n) is 11.9. The topological polar surface area (TPSA) is 68.4 Å². The van der Waals surface area contributed by atoms with E-state index in [-0.39, 0.29) is 23.6 Å². The first kappa shape index (κ1) is 21.8. The molecule has 1 unspecified atom stereocenters. The smallest absolute Gasteiger partial charge is 0.410 e. The van der Waals surface area contributed by atoms with Gasteiger partial charge < -0.3 is 24.8 Å². The van der Waals surface area contributed by atoms with Crippen LogP contribution in [0.4, 0.5) is 4.79 Å². The molecule has 0 aromatic rings. The van der Waals surface area contributed by atoms with Gasteiger partial charge in [0, 0.05) is 64.7 Å². The Morgan fingerprint density at radius 2 is 1.87 bits per heavy atom. The van der Waals surface area contributed by atoms with E-state index >= 15 is 0 Å². The maximum Gasteiger partial charge on any atom is 0.410 e. The molecule has 30 heavy (non-hydrogen) atoms. The van der Waals surface area contributed by atoms with Crippen molar-refractivity contribution in [2.75, 3.05) is 65.4 Å². The number of carbonyl (C=O) groups excluding carboxylic acids is 2. The highest BCUT2D eigenvalue weighted by Crippen LogP contribution is 2.33. The van der Waals surface area contributed by atoms with E-state index in [2.05, 4.69) is 29.0 Å². The highest BCUT2D eigenvalue weighted by Gasteiger charge is 2.47. The largest absolute Gasteiger partial charge is 0.441 e. The Morgan fingerprint density at radius 1 is 1.13 bits per heavy atom. The molecule has 4 rings (SSSR count). The average molecular weight is 422 g/mol. The van der Waals surface area contributed by atoms with Crippen LogP contribution >= 0.6 is 0 Å². The van der Waals surface area contributed by atoms with Crippen LogP contribution in [0.1, 0.15) is 46.0 Å². The maximum atomic E-state index is 12.6. The Morgan fingerprint density at radius 3 is 2.50 bits per heavy atom. The van der Waals surface area contributed by atoms with Crippen LogP contribution in [0.15, 0.2) is 0 Å². The lowest BCUT2D eigenvalue weighted by molar-refractivity contribution is -0.136. The minimum absolute atomic E-state index is 0.0101. The molecule has 0 aromatic carbocycles. The molecule has 0 saturated carbocycles. The zero-order valence-electron chi connectivity index (χ0n) is 18.8. The molecule has 8 heteroatoms. The van der Waals surface area contributed by atoms with E-state index in [0.717, 1.165) is 77.9 Å². The van der Waals surface area contributed by atoms with E-state index in [1.807, 2.05) is 9.80 Å². The van der Waals surface area contributed by atoms with E-state index in [0.29, 0.717) is 25.7 Å². The number of rotatable bonds is 6. The van der Waals surface area contributed by atoms with Crippen molar-refractivity contribution in [1.29, 1.82) is 0 Å². The normalized spacial score (nSPS) is 28.0. The van der Waals surface area contributed by atoms with Crippen molar-refractivity contribution in [2.24, 2.45) is 0 Å². The summed E-state index contributed by atoms with van der Waals surface area (Å²) in [5.41, 5.74) is -0.389. The number of ether oxygens (including phenoxy) is 1. The lowest BCUT2D eigenvalue weighted by Gasteiger charge is -2.38. The molecular weight excluding hydrogens is 382 g/mol. The molecule has 8 nitrogen and oxygen atoms in total. The van der Waals surface area contributed by atoms with Crippen LogP contribution in [0, 0.1) is 0 Å². The van der Waals surface area contributed by atoms with Gasteiger partial charge in [0.25, 0.3) is 0 Å². The average Bonchev–Trinajstić information content (AvgIpc) is 3.37. The number of nitrogens with one attached hydrogen (secondary N) is 1. The van der Waals surface area contributed by atoms with Gasteiger partial charge in [-0.3, -0.25) is 9.69 Å². The fraction of sp³-hybridized carbons (Fsp3) is 0.909. The summed E-state index contributed by atoms with van der Waals surface area (Å²) in [6.07, 6.45) is 4.35. The lowest BCUT2D eigenvalue weighted by Crippen LogP contribution is -2.52. The predicted molar refractivity (Wildman–Crippen MR) is 115 cm³/mol. The second-order valence-corrected chi connectivity index (χ2v) is 9.77. The summed E-state index contributed by atoms with van der Waals surface area (Å²) >= 11 is 0. The summed E-state index contributed by atoms with van der Waals surface area (Å²) in [7, 11) is 0. The lowest BCUT2D eigenvalue weighted by atomic mass is 9.91. The molecule has 0 radical (unpaired) electrons. The van der Waals surface area contributed by atoms with Crippen molar-refractivity contribution in [3.63, 3.8) is 0 Å². The second-order valence-electron chi connectivity index (χ2n) is 9.77. The Bertz CT molecular complexity index is 606. The third-order valence-corrected chi connectivity index (χ3v) is 7.43. The zero-order chi connectivity index (χ0) is 21.1. The highest BCUT2D eigenvalue weighted by atomic mass is 16.6. The summed E-state index contributed by atoms with van der Waals surface area (Å²) in [5, 5.41) is 3.30. The van der Waals surface area contributed by atoms with Crippen LogP contribution in [0.5, 0.6) is 0 Å². The monoisotopic (exact) mass is 421 g/mol. The Labute approximate surface area is 180 Å². The third-order valence-electron chi connectivity index (χ3n) is 7.43. The molecule has 1 spiro atoms. The van der Waals surface area contributed by atoms with Crippen molar-refractivity contribution < 1.29 is 14.3 Å². The number of likely N-dealkylation sites (tertiary alicyclic amines) is 1. The number of piperidine rings is 1. The maximum absolute atomic E-state index is 12.6.